The van der Waals surface area contributed by atoms with Gasteiger partial charge in [0.05, 0.1) is 11.3 Å². The van der Waals surface area contributed by atoms with Gasteiger partial charge in [0.2, 0.25) is 0 Å². The van der Waals surface area contributed by atoms with Crippen LogP contribution in [0.3, 0.4) is 0 Å². The van der Waals surface area contributed by atoms with Crippen LogP contribution in [0.1, 0.15) is 33.0 Å². The van der Waals surface area contributed by atoms with Crippen LogP contribution in [0, 0.1) is 0 Å². The Morgan fingerprint density at radius 1 is 0.966 bits per heavy atom. The highest BCUT2D eigenvalue weighted by molar-refractivity contribution is 5.94. The van der Waals surface area contributed by atoms with Gasteiger partial charge in [-0.25, -0.2) is 9.59 Å². The first kappa shape index (κ1) is 17.5. The summed E-state index contributed by atoms with van der Waals surface area (Å²) < 4.78 is 5.72. The molecule has 5 nitrogen and oxygen atoms in total. The van der Waals surface area contributed by atoms with Crippen molar-refractivity contribution >= 4 is 17.7 Å². The molecule has 0 fully saturated rings. The minimum atomic E-state index is -1.01. The average Bonchev–Trinajstić information content (AvgIpc) is 3.31. The van der Waals surface area contributed by atoms with Crippen LogP contribution in [0.15, 0.2) is 66.7 Å². The lowest BCUT2D eigenvalue weighted by Crippen LogP contribution is -2.31. The second-order valence-corrected chi connectivity index (χ2v) is 7.35. The fourth-order valence-electron chi connectivity index (χ4n) is 4.37. The van der Waals surface area contributed by atoms with Gasteiger partial charge in [0.1, 0.15) is 6.61 Å². The summed E-state index contributed by atoms with van der Waals surface area (Å²) >= 11 is 0. The van der Waals surface area contributed by atoms with Crippen molar-refractivity contribution in [2.75, 3.05) is 18.1 Å². The van der Waals surface area contributed by atoms with E-state index in [0.29, 0.717) is 18.7 Å². The van der Waals surface area contributed by atoms with Gasteiger partial charge in [-0.15, -0.1) is 0 Å². The van der Waals surface area contributed by atoms with Crippen molar-refractivity contribution in [3.8, 4) is 11.1 Å². The van der Waals surface area contributed by atoms with Crippen LogP contribution >= 0.6 is 0 Å². The molecular formula is C24H19NO4. The van der Waals surface area contributed by atoms with Crippen molar-refractivity contribution in [1.82, 2.24) is 0 Å². The normalized spacial score (nSPS) is 14.3. The number of benzene rings is 3. The highest BCUT2D eigenvalue weighted by Crippen LogP contribution is 2.44. The van der Waals surface area contributed by atoms with Crippen molar-refractivity contribution in [2.45, 2.75) is 12.3 Å². The molecule has 0 radical (unpaired) electrons. The molecule has 2 aliphatic rings. The number of aromatic carboxylic acids is 1. The zero-order chi connectivity index (χ0) is 20.0. The molecule has 0 saturated heterocycles. The van der Waals surface area contributed by atoms with Crippen molar-refractivity contribution < 1.29 is 19.4 Å². The molecule has 3 aromatic rings. The fraction of sp³-hybridized carbons (Fsp3) is 0.167. The van der Waals surface area contributed by atoms with Gasteiger partial charge in [-0.2, -0.15) is 0 Å². The van der Waals surface area contributed by atoms with Crippen molar-refractivity contribution in [3.05, 3.63) is 89.0 Å². The minimum absolute atomic E-state index is 0.00113. The number of rotatable bonds is 3. The van der Waals surface area contributed by atoms with Crippen LogP contribution in [0.25, 0.3) is 11.1 Å². The van der Waals surface area contributed by atoms with Crippen LogP contribution < -0.4 is 4.90 Å². The highest BCUT2D eigenvalue weighted by Gasteiger charge is 2.31. The van der Waals surface area contributed by atoms with E-state index in [1.165, 1.54) is 16.0 Å². The number of nitrogens with zero attached hydrogens (tertiary/aromatic N) is 1. The molecule has 3 aromatic carbocycles. The SMILES string of the molecule is O=C(O)c1ccc2c(c1)N(C(=O)OCC1c3ccccc3-c3ccccc31)CC2. The Labute approximate surface area is 168 Å². The van der Waals surface area contributed by atoms with Crippen molar-refractivity contribution in [2.24, 2.45) is 0 Å². The second-order valence-electron chi connectivity index (χ2n) is 7.35. The Kier molecular flexibility index (Phi) is 4.09. The smallest absolute Gasteiger partial charge is 0.414 e. The third kappa shape index (κ3) is 2.86. The zero-order valence-corrected chi connectivity index (χ0v) is 15.7. The lowest BCUT2D eigenvalue weighted by molar-refractivity contribution is 0.0696. The predicted octanol–water partition coefficient (Wildman–Crippen LogP) is 4.70. The van der Waals surface area contributed by atoms with Gasteiger partial charge in [0, 0.05) is 12.5 Å². The van der Waals surface area contributed by atoms with Gasteiger partial charge in [-0.1, -0.05) is 54.6 Å². The summed E-state index contributed by atoms with van der Waals surface area (Å²) in [6.45, 7) is 0.742. The Morgan fingerprint density at radius 2 is 1.62 bits per heavy atom. The molecule has 0 spiro atoms. The van der Waals surface area contributed by atoms with Gasteiger partial charge in [0.25, 0.3) is 0 Å². The summed E-state index contributed by atoms with van der Waals surface area (Å²) in [6.07, 6.45) is 0.257. The first-order chi connectivity index (χ1) is 14.1. The average molecular weight is 385 g/mol. The Hall–Kier alpha value is -3.60. The molecule has 5 rings (SSSR count). The molecule has 0 atom stereocenters. The molecule has 1 aliphatic heterocycles. The summed E-state index contributed by atoms with van der Waals surface area (Å²) in [6, 6.07) is 21.3. The van der Waals surface area contributed by atoms with Gasteiger partial charge in [0.15, 0.2) is 0 Å². The number of hydrogen-bond donors (Lipinski definition) is 1. The van der Waals surface area contributed by atoms with E-state index < -0.39 is 12.1 Å². The number of hydrogen-bond acceptors (Lipinski definition) is 3. The van der Waals surface area contributed by atoms with Crippen LogP contribution in [-0.2, 0) is 11.2 Å². The summed E-state index contributed by atoms with van der Waals surface area (Å²) in [5, 5.41) is 9.24. The van der Waals surface area contributed by atoms with Crippen LogP contribution in [0.2, 0.25) is 0 Å². The maximum Gasteiger partial charge on any atom is 0.414 e. The maximum absolute atomic E-state index is 12.8. The van der Waals surface area contributed by atoms with Gasteiger partial charge in [-0.3, -0.25) is 4.90 Å². The first-order valence-electron chi connectivity index (χ1n) is 9.62. The largest absolute Gasteiger partial charge is 0.478 e. The standard InChI is InChI=1S/C24H19NO4/c26-23(27)16-10-9-15-11-12-25(22(15)13-16)24(28)29-14-21-19-7-3-1-5-17(19)18-6-2-4-8-20(18)21/h1-10,13,21H,11-12,14H2,(H,26,27). The van der Waals surface area contributed by atoms with Crippen molar-refractivity contribution in [3.63, 3.8) is 0 Å². The molecule has 1 aliphatic carbocycles. The molecule has 0 aromatic heterocycles. The molecular weight excluding hydrogens is 366 g/mol. The quantitative estimate of drug-likeness (QED) is 0.710. The third-order valence-corrected chi connectivity index (χ3v) is 5.78. The Morgan fingerprint density at radius 3 is 2.28 bits per heavy atom. The molecule has 0 saturated carbocycles. The molecule has 1 N–H and O–H groups in total. The topological polar surface area (TPSA) is 66.8 Å². The molecule has 0 unspecified atom stereocenters. The summed E-state index contributed by atoms with van der Waals surface area (Å²) in [4.78, 5) is 25.6. The second kappa shape index (κ2) is 6.78. The summed E-state index contributed by atoms with van der Waals surface area (Å²) in [5.41, 5.74) is 6.45. The van der Waals surface area contributed by atoms with Crippen molar-refractivity contribution in [1.29, 1.82) is 0 Å². The highest BCUT2D eigenvalue weighted by atomic mass is 16.6. The third-order valence-electron chi connectivity index (χ3n) is 5.78. The van der Waals surface area contributed by atoms with E-state index in [2.05, 4.69) is 24.3 Å². The number of amides is 1. The van der Waals surface area contributed by atoms with E-state index in [4.69, 9.17) is 4.74 Å². The molecule has 0 bridgehead atoms. The number of anilines is 1. The number of carboxylic acid groups (broad SMARTS) is 1. The molecule has 144 valence electrons. The van der Waals surface area contributed by atoms with Gasteiger partial charge >= 0.3 is 12.1 Å². The number of carboxylic acids is 1. The summed E-state index contributed by atoms with van der Waals surface area (Å²) in [5.74, 6) is -1.01. The minimum Gasteiger partial charge on any atom is -0.478 e. The number of carbonyl (C=O) groups excluding carboxylic acids is 1. The lowest BCUT2D eigenvalue weighted by atomic mass is 9.98. The molecule has 29 heavy (non-hydrogen) atoms. The molecule has 1 amide bonds. The Balaban J connectivity index is 1.38. The summed E-state index contributed by atoms with van der Waals surface area (Å²) in [7, 11) is 0. The monoisotopic (exact) mass is 385 g/mol. The van der Waals surface area contributed by atoms with Crippen LogP contribution in [0.4, 0.5) is 10.5 Å². The Bertz CT molecular complexity index is 1090. The van der Waals surface area contributed by atoms with Gasteiger partial charge < -0.3 is 9.84 Å². The van der Waals surface area contributed by atoms with E-state index in [-0.39, 0.29) is 18.1 Å². The molecule has 1 heterocycles. The van der Waals surface area contributed by atoms with Crippen LogP contribution in [0.5, 0.6) is 0 Å². The van der Waals surface area contributed by atoms with E-state index >= 15 is 0 Å². The van der Waals surface area contributed by atoms with E-state index in [1.54, 1.807) is 18.2 Å². The molecule has 5 heteroatoms. The maximum atomic E-state index is 12.8. The predicted molar refractivity (Wildman–Crippen MR) is 110 cm³/mol. The fourth-order valence-corrected chi connectivity index (χ4v) is 4.37. The number of carbonyl (C=O) groups is 2. The van der Waals surface area contributed by atoms with E-state index in [0.717, 1.165) is 16.7 Å². The van der Waals surface area contributed by atoms with Gasteiger partial charge in [-0.05, 0) is 46.4 Å². The zero-order valence-electron chi connectivity index (χ0n) is 15.7. The number of fused-ring (bicyclic) bond motifs is 4. The van der Waals surface area contributed by atoms with Crippen LogP contribution in [-0.4, -0.2) is 30.3 Å². The number of ether oxygens (including phenoxy) is 1. The lowest BCUT2D eigenvalue weighted by Gasteiger charge is -2.20. The first-order valence-corrected chi connectivity index (χ1v) is 9.62. The van der Waals surface area contributed by atoms with E-state index in [9.17, 15) is 14.7 Å². The van der Waals surface area contributed by atoms with E-state index in [1.807, 2.05) is 24.3 Å².